The molecular weight excluding hydrogens is 224 g/mol. The van der Waals surface area contributed by atoms with Gasteiger partial charge in [0.15, 0.2) is 0 Å². The van der Waals surface area contributed by atoms with E-state index in [-0.39, 0.29) is 6.04 Å². The molecule has 0 radical (unpaired) electrons. The van der Waals surface area contributed by atoms with Crippen LogP contribution < -0.4 is 5.32 Å². The fourth-order valence-electron chi connectivity index (χ4n) is 2.18. The number of nitrogens with zero attached hydrogens (tertiary/aromatic N) is 3. The molecule has 0 aliphatic rings. The predicted octanol–water partition coefficient (Wildman–Crippen LogP) is 2.11. The first-order valence-electron chi connectivity index (χ1n) is 6.36. The van der Waals surface area contributed by atoms with Crippen molar-refractivity contribution in [3.05, 3.63) is 47.5 Å². The lowest BCUT2D eigenvalue weighted by molar-refractivity contribution is 0.531. The Morgan fingerprint density at radius 2 is 2.22 bits per heavy atom. The molecule has 0 saturated heterocycles. The van der Waals surface area contributed by atoms with Crippen LogP contribution in [0.3, 0.4) is 0 Å². The number of likely N-dealkylation sites (N-methyl/N-ethyl adjacent to an activating group) is 1. The van der Waals surface area contributed by atoms with Crippen LogP contribution in [0, 0.1) is 6.92 Å². The SMILES string of the molecule is CCn1nc(C)cc1CC(NC)c1ccccn1. The van der Waals surface area contributed by atoms with Crippen LogP contribution in [0.5, 0.6) is 0 Å². The van der Waals surface area contributed by atoms with Crippen molar-refractivity contribution in [3.63, 3.8) is 0 Å². The first-order chi connectivity index (χ1) is 8.74. The van der Waals surface area contributed by atoms with E-state index in [0.29, 0.717) is 0 Å². The molecular formula is C14H20N4. The molecule has 18 heavy (non-hydrogen) atoms. The molecule has 2 rings (SSSR count). The second kappa shape index (κ2) is 5.78. The van der Waals surface area contributed by atoms with Crippen molar-refractivity contribution >= 4 is 0 Å². The first kappa shape index (κ1) is 12.8. The van der Waals surface area contributed by atoms with E-state index < -0.39 is 0 Å². The first-order valence-corrected chi connectivity index (χ1v) is 6.36. The normalized spacial score (nSPS) is 12.6. The minimum absolute atomic E-state index is 0.229. The van der Waals surface area contributed by atoms with Crippen molar-refractivity contribution in [3.8, 4) is 0 Å². The van der Waals surface area contributed by atoms with Crippen molar-refractivity contribution < 1.29 is 0 Å². The molecule has 0 saturated carbocycles. The highest BCUT2D eigenvalue weighted by atomic mass is 15.3. The molecule has 1 atom stereocenters. The second-order valence-corrected chi connectivity index (χ2v) is 4.39. The van der Waals surface area contributed by atoms with Crippen LogP contribution in [0.4, 0.5) is 0 Å². The number of nitrogens with one attached hydrogen (secondary N) is 1. The van der Waals surface area contributed by atoms with Gasteiger partial charge in [0.1, 0.15) is 0 Å². The smallest absolute Gasteiger partial charge is 0.0596 e. The topological polar surface area (TPSA) is 42.7 Å². The number of aromatic nitrogens is 3. The summed E-state index contributed by atoms with van der Waals surface area (Å²) in [6, 6.07) is 8.40. The third kappa shape index (κ3) is 2.76. The van der Waals surface area contributed by atoms with Gasteiger partial charge in [-0.2, -0.15) is 5.10 Å². The molecule has 4 nitrogen and oxygen atoms in total. The predicted molar refractivity (Wildman–Crippen MR) is 72.4 cm³/mol. The van der Waals surface area contributed by atoms with Crippen molar-refractivity contribution in [1.29, 1.82) is 0 Å². The Morgan fingerprint density at radius 3 is 2.83 bits per heavy atom. The summed E-state index contributed by atoms with van der Waals surface area (Å²) in [5.41, 5.74) is 3.39. The molecule has 1 unspecified atom stereocenters. The molecule has 0 fully saturated rings. The number of aryl methyl sites for hydroxylation is 2. The highest BCUT2D eigenvalue weighted by Gasteiger charge is 2.14. The average molecular weight is 244 g/mol. The molecule has 1 N–H and O–H groups in total. The number of hydrogen-bond donors (Lipinski definition) is 1. The molecule has 0 amide bonds. The molecule has 0 spiro atoms. The summed E-state index contributed by atoms with van der Waals surface area (Å²) in [6.07, 6.45) is 2.74. The molecule has 0 aliphatic carbocycles. The maximum Gasteiger partial charge on any atom is 0.0596 e. The van der Waals surface area contributed by atoms with Gasteiger partial charge in [-0.05, 0) is 39.1 Å². The van der Waals surface area contributed by atoms with E-state index in [0.717, 1.165) is 24.4 Å². The molecule has 2 aromatic rings. The number of pyridine rings is 1. The van der Waals surface area contributed by atoms with Gasteiger partial charge in [-0.15, -0.1) is 0 Å². The maximum atomic E-state index is 4.48. The lowest BCUT2D eigenvalue weighted by atomic mass is 10.1. The van der Waals surface area contributed by atoms with Gasteiger partial charge in [-0.1, -0.05) is 6.07 Å². The molecule has 2 heterocycles. The maximum absolute atomic E-state index is 4.48. The Bertz CT molecular complexity index is 490. The van der Waals surface area contributed by atoms with Crippen LogP contribution in [0.25, 0.3) is 0 Å². The van der Waals surface area contributed by atoms with E-state index in [1.165, 1.54) is 5.69 Å². The summed E-state index contributed by atoms with van der Waals surface area (Å²) in [6.45, 7) is 5.05. The standard InChI is InChI=1S/C14H20N4/c1-4-18-12(9-11(2)17-18)10-14(15-3)13-7-5-6-8-16-13/h5-9,14-15H,4,10H2,1-3H3. The Morgan fingerprint density at radius 1 is 1.39 bits per heavy atom. The van der Waals surface area contributed by atoms with Crippen molar-refractivity contribution in [2.45, 2.75) is 32.9 Å². The fourth-order valence-corrected chi connectivity index (χ4v) is 2.18. The zero-order chi connectivity index (χ0) is 13.0. The number of rotatable bonds is 5. The van der Waals surface area contributed by atoms with E-state index in [9.17, 15) is 0 Å². The highest BCUT2D eigenvalue weighted by molar-refractivity contribution is 5.15. The minimum atomic E-state index is 0.229. The second-order valence-electron chi connectivity index (χ2n) is 4.39. The van der Waals surface area contributed by atoms with Gasteiger partial charge in [0, 0.05) is 24.9 Å². The van der Waals surface area contributed by atoms with E-state index in [2.05, 4.69) is 39.1 Å². The third-order valence-corrected chi connectivity index (χ3v) is 3.09. The van der Waals surface area contributed by atoms with Crippen LogP contribution in [0.15, 0.2) is 30.5 Å². The van der Waals surface area contributed by atoms with Gasteiger partial charge in [-0.25, -0.2) is 0 Å². The van der Waals surface area contributed by atoms with E-state index in [1.807, 2.05) is 32.3 Å². The van der Waals surface area contributed by atoms with Crippen LogP contribution in [-0.4, -0.2) is 21.8 Å². The fraction of sp³-hybridized carbons (Fsp3) is 0.429. The average Bonchev–Trinajstić information content (AvgIpc) is 2.77. The minimum Gasteiger partial charge on any atom is -0.311 e. The van der Waals surface area contributed by atoms with Gasteiger partial charge in [0.05, 0.1) is 17.4 Å². The van der Waals surface area contributed by atoms with Gasteiger partial charge < -0.3 is 5.32 Å². The lowest BCUT2D eigenvalue weighted by Gasteiger charge is -2.16. The lowest BCUT2D eigenvalue weighted by Crippen LogP contribution is -2.21. The van der Waals surface area contributed by atoms with Gasteiger partial charge in [-0.3, -0.25) is 9.67 Å². The summed E-state index contributed by atoms with van der Waals surface area (Å²) in [5.74, 6) is 0. The monoisotopic (exact) mass is 244 g/mol. The Balaban J connectivity index is 2.20. The molecule has 0 bridgehead atoms. The number of hydrogen-bond acceptors (Lipinski definition) is 3. The Labute approximate surface area is 108 Å². The van der Waals surface area contributed by atoms with Crippen LogP contribution in [-0.2, 0) is 13.0 Å². The largest absolute Gasteiger partial charge is 0.311 e. The Hall–Kier alpha value is -1.68. The van der Waals surface area contributed by atoms with Crippen molar-refractivity contribution in [2.75, 3.05) is 7.05 Å². The van der Waals surface area contributed by atoms with E-state index >= 15 is 0 Å². The molecule has 2 aromatic heterocycles. The summed E-state index contributed by atoms with van der Waals surface area (Å²) < 4.78 is 2.06. The van der Waals surface area contributed by atoms with Crippen LogP contribution in [0.1, 0.15) is 30.0 Å². The zero-order valence-electron chi connectivity index (χ0n) is 11.2. The van der Waals surface area contributed by atoms with Crippen LogP contribution in [0.2, 0.25) is 0 Å². The Kier molecular flexibility index (Phi) is 4.10. The molecule has 96 valence electrons. The quantitative estimate of drug-likeness (QED) is 0.876. The molecule has 4 heteroatoms. The van der Waals surface area contributed by atoms with Crippen LogP contribution >= 0.6 is 0 Å². The zero-order valence-corrected chi connectivity index (χ0v) is 11.2. The van der Waals surface area contributed by atoms with Gasteiger partial charge >= 0.3 is 0 Å². The summed E-state index contributed by atoms with van der Waals surface area (Å²) in [5, 5.41) is 7.80. The molecule has 0 aromatic carbocycles. The third-order valence-electron chi connectivity index (χ3n) is 3.09. The highest BCUT2D eigenvalue weighted by Crippen LogP contribution is 2.16. The summed E-state index contributed by atoms with van der Waals surface area (Å²) >= 11 is 0. The van der Waals surface area contributed by atoms with Crippen molar-refractivity contribution in [1.82, 2.24) is 20.1 Å². The van der Waals surface area contributed by atoms with E-state index in [1.54, 1.807) is 0 Å². The summed E-state index contributed by atoms with van der Waals surface area (Å²) in [4.78, 5) is 4.42. The van der Waals surface area contributed by atoms with E-state index in [4.69, 9.17) is 0 Å². The van der Waals surface area contributed by atoms with Gasteiger partial charge in [0.25, 0.3) is 0 Å². The van der Waals surface area contributed by atoms with Gasteiger partial charge in [0.2, 0.25) is 0 Å². The summed E-state index contributed by atoms with van der Waals surface area (Å²) in [7, 11) is 1.97. The molecule has 0 aliphatic heterocycles. The van der Waals surface area contributed by atoms with Crippen molar-refractivity contribution in [2.24, 2.45) is 0 Å².